The summed E-state index contributed by atoms with van der Waals surface area (Å²) in [6, 6.07) is 0. The fourth-order valence-corrected chi connectivity index (χ4v) is 1.71. The van der Waals surface area contributed by atoms with E-state index < -0.39 is 0 Å². The van der Waals surface area contributed by atoms with Gasteiger partial charge in [0, 0.05) is 6.54 Å². The molecule has 0 aromatic carbocycles. The van der Waals surface area contributed by atoms with E-state index in [0.29, 0.717) is 6.54 Å². The normalized spacial score (nSPS) is 12.9. The Bertz CT molecular complexity index is 459. The third kappa shape index (κ3) is 2.32. The Morgan fingerprint density at radius 2 is 2.31 bits per heavy atom. The second-order valence-corrected chi connectivity index (χ2v) is 5.00. The molecule has 0 bridgehead atoms. The minimum Gasteiger partial charge on any atom is -0.333 e. The minimum absolute atomic E-state index is 0.234. The van der Waals surface area contributed by atoms with Crippen LogP contribution in [0.2, 0.25) is 0 Å². The van der Waals surface area contributed by atoms with Crippen LogP contribution in [0.4, 0.5) is 0 Å². The molecule has 86 valence electrons. The first-order valence-electron chi connectivity index (χ1n) is 5.23. The predicted octanol–water partition coefficient (Wildman–Crippen LogP) is 2.00. The fourth-order valence-electron chi connectivity index (χ4n) is 1.50. The molecular formula is C10H14BrN5. The molecule has 16 heavy (non-hydrogen) atoms. The number of halogens is 1. The molecule has 0 spiro atoms. The Morgan fingerprint density at radius 1 is 1.50 bits per heavy atom. The van der Waals surface area contributed by atoms with Crippen molar-refractivity contribution < 1.29 is 0 Å². The van der Waals surface area contributed by atoms with Gasteiger partial charge in [-0.2, -0.15) is 0 Å². The van der Waals surface area contributed by atoms with Crippen molar-refractivity contribution in [3.05, 3.63) is 30.1 Å². The molecule has 2 aromatic heterocycles. The molecule has 0 amide bonds. The van der Waals surface area contributed by atoms with Crippen LogP contribution in [0.5, 0.6) is 0 Å². The summed E-state index contributed by atoms with van der Waals surface area (Å²) in [5.74, 6) is 0. The van der Waals surface area contributed by atoms with Gasteiger partial charge in [0.1, 0.15) is 0 Å². The monoisotopic (exact) mass is 283 g/mol. The fraction of sp³-hybridized carbons (Fsp3) is 0.500. The number of aromatic nitrogens is 5. The highest BCUT2D eigenvalue weighted by Crippen LogP contribution is 2.18. The second kappa shape index (κ2) is 4.78. The summed E-state index contributed by atoms with van der Waals surface area (Å²) in [6.07, 6.45) is 5.65. The van der Waals surface area contributed by atoms with E-state index in [4.69, 9.17) is 0 Å². The van der Waals surface area contributed by atoms with E-state index in [1.54, 1.807) is 0 Å². The summed E-state index contributed by atoms with van der Waals surface area (Å²) in [5.41, 5.74) is 2.09. The first kappa shape index (κ1) is 11.3. The zero-order chi connectivity index (χ0) is 11.5. The molecule has 1 atom stereocenters. The van der Waals surface area contributed by atoms with Crippen molar-refractivity contribution in [2.45, 2.75) is 31.8 Å². The van der Waals surface area contributed by atoms with Crippen LogP contribution in [0.25, 0.3) is 0 Å². The summed E-state index contributed by atoms with van der Waals surface area (Å²) in [5, 5.41) is 8.17. The molecule has 6 heteroatoms. The van der Waals surface area contributed by atoms with E-state index in [0.717, 1.165) is 17.9 Å². The first-order chi connectivity index (χ1) is 7.70. The maximum Gasteiger partial charge on any atom is 0.0960 e. The van der Waals surface area contributed by atoms with Crippen LogP contribution in [-0.2, 0) is 13.1 Å². The van der Waals surface area contributed by atoms with Gasteiger partial charge in [-0.05, 0) is 13.8 Å². The molecule has 0 radical (unpaired) electrons. The summed E-state index contributed by atoms with van der Waals surface area (Å²) < 4.78 is 3.93. The standard InChI is InChI=1S/C10H14BrN5/c1-3-15-7-12-4-9(15)5-16-6-10(8(2)11)13-14-16/h4,6-8H,3,5H2,1-2H3. The van der Waals surface area contributed by atoms with E-state index >= 15 is 0 Å². The Kier molecular flexibility index (Phi) is 3.38. The van der Waals surface area contributed by atoms with Crippen LogP contribution in [0.15, 0.2) is 18.7 Å². The number of nitrogens with zero attached hydrogens (tertiary/aromatic N) is 5. The highest BCUT2D eigenvalue weighted by Gasteiger charge is 2.07. The van der Waals surface area contributed by atoms with Crippen LogP contribution >= 0.6 is 15.9 Å². The zero-order valence-electron chi connectivity index (χ0n) is 9.34. The second-order valence-electron chi connectivity index (χ2n) is 3.63. The molecule has 0 aliphatic rings. The van der Waals surface area contributed by atoms with E-state index in [1.165, 1.54) is 0 Å². The molecular weight excluding hydrogens is 270 g/mol. The highest BCUT2D eigenvalue weighted by molar-refractivity contribution is 9.09. The van der Waals surface area contributed by atoms with Crippen molar-refractivity contribution in [1.82, 2.24) is 24.5 Å². The van der Waals surface area contributed by atoms with Crippen molar-refractivity contribution >= 4 is 15.9 Å². The van der Waals surface area contributed by atoms with Crippen molar-refractivity contribution in [2.75, 3.05) is 0 Å². The Hall–Kier alpha value is -1.17. The van der Waals surface area contributed by atoms with E-state index in [9.17, 15) is 0 Å². The molecule has 2 rings (SSSR count). The van der Waals surface area contributed by atoms with Crippen molar-refractivity contribution in [3.8, 4) is 0 Å². The molecule has 0 aliphatic carbocycles. The van der Waals surface area contributed by atoms with Gasteiger partial charge >= 0.3 is 0 Å². The van der Waals surface area contributed by atoms with Gasteiger partial charge in [0.15, 0.2) is 0 Å². The third-order valence-electron chi connectivity index (χ3n) is 2.43. The smallest absolute Gasteiger partial charge is 0.0960 e. The maximum atomic E-state index is 4.12. The van der Waals surface area contributed by atoms with Crippen LogP contribution in [0.3, 0.4) is 0 Å². The van der Waals surface area contributed by atoms with Crippen molar-refractivity contribution in [1.29, 1.82) is 0 Å². The lowest BCUT2D eigenvalue weighted by Crippen LogP contribution is -2.06. The summed E-state index contributed by atoms with van der Waals surface area (Å²) in [4.78, 5) is 4.36. The average molecular weight is 284 g/mol. The number of hydrogen-bond donors (Lipinski definition) is 0. The first-order valence-corrected chi connectivity index (χ1v) is 6.15. The van der Waals surface area contributed by atoms with Gasteiger partial charge in [-0.1, -0.05) is 21.1 Å². The van der Waals surface area contributed by atoms with Gasteiger partial charge in [0.25, 0.3) is 0 Å². The lowest BCUT2D eigenvalue weighted by atomic mass is 10.4. The maximum absolute atomic E-state index is 4.12. The Labute approximate surface area is 103 Å². The molecule has 0 N–H and O–H groups in total. The Balaban J connectivity index is 2.14. The zero-order valence-corrected chi connectivity index (χ0v) is 10.9. The van der Waals surface area contributed by atoms with Crippen LogP contribution in [0, 0.1) is 0 Å². The molecule has 0 saturated heterocycles. The SMILES string of the molecule is CCn1cncc1Cn1cc(C(C)Br)nn1. The Morgan fingerprint density at radius 3 is 2.94 bits per heavy atom. The highest BCUT2D eigenvalue weighted by atomic mass is 79.9. The molecule has 0 saturated carbocycles. The number of imidazole rings is 1. The number of aryl methyl sites for hydroxylation is 1. The minimum atomic E-state index is 0.234. The largest absolute Gasteiger partial charge is 0.333 e. The summed E-state index contributed by atoms with van der Waals surface area (Å²) in [7, 11) is 0. The summed E-state index contributed by atoms with van der Waals surface area (Å²) >= 11 is 3.47. The molecule has 1 unspecified atom stereocenters. The number of alkyl halides is 1. The number of hydrogen-bond acceptors (Lipinski definition) is 3. The summed E-state index contributed by atoms with van der Waals surface area (Å²) in [6.45, 7) is 5.76. The molecule has 0 aliphatic heterocycles. The van der Waals surface area contributed by atoms with Gasteiger partial charge in [-0.3, -0.25) is 0 Å². The molecule has 2 heterocycles. The van der Waals surface area contributed by atoms with Crippen LogP contribution < -0.4 is 0 Å². The lowest BCUT2D eigenvalue weighted by molar-refractivity contribution is 0.602. The number of rotatable bonds is 4. The average Bonchev–Trinajstić information content (AvgIpc) is 2.87. The molecule has 5 nitrogen and oxygen atoms in total. The quantitative estimate of drug-likeness (QED) is 0.807. The molecule has 0 fully saturated rings. The van der Waals surface area contributed by atoms with Gasteiger partial charge in [0.2, 0.25) is 0 Å². The van der Waals surface area contributed by atoms with Crippen LogP contribution in [-0.4, -0.2) is 24.5 Å². The van der Waals surface area contributed by atoms with E-state index in [1.807, 2.05) is 30.3 Å². The van der Waals surface area contributed by atoms with Gasteiger partial charge < -0.3 is 4.57 Å². The lowest BCUT2D eigenvalue weighted by Gasteiger charge is -2.03. The topological polar surface area (TPSA) is 48.5 Å². The van der Waals surface area contributed by atoms with E-state index in [-0.39, 0.29) is 4.83 Å². The van der Waals surface area contributed by atoms with E-state index in [2.05, 4.69) is 42.7 Å². The van der Waals surface area contributed by atoms with Crippen molar-refractivity contribution in [2.24, 2.45) is 0 Å². The van der Waals surface area contributed by atoms with Crippen molar-refractivity contribution in [3.63, 3.8) is 0 Å². The third-order valence-corrected chi connectivity index (χ3v) is 2.90. The molecule has 2 aromatic rings. The predicted molar refractivity (Wildman–Crippen MR) is 64.4 cm³/mol. The van der Waals surface area contributed by atoms with Gasteiger partial charge in [-0.15, -0.1) is 5.10 Å². The van der Waals surface area contributed by atoms with Gasteiger partial charge in [0.05, 0.1) is 41.5 Å². The van der Waals surface area contributed by atoms with Crippen LogP contribution in [0.1, 0.15) is 30.1 Å². The van der Waals surface area contributed by atoms with Gasteiger partial charge in [-0.25, -0.2) is 9.67 Å².